The molecular weight excluding hydrogens is 520 g/mol. The molecule has 4 N–H and O–H groups in total. The summed E-state index contributed by atoms with van der Waals surface area (Å²) in [5, 5.41) is 26.6. The number of aliphatic hydroxyl groups excluding tert-OH is 1. The van der Waals surface area contributed by atoms with E-state index in [2.05, 4.69) is 15.6 Å². The van der Waals surface area contributed by atoms with Crippen LogP contribution < -0.4 is 10.6 Å². The Morgan fingerprint density at radius 3 is 2.36 bits per heavy atom. The molecule has 0 radical (unpaired) electrons. The number of carbonyl (C=O) groups excluding carboxylic acids is 3. The number of β-amino-alcohol motifs (C(OH)–C–C–N with tert-alkyl or cyclic N) is 1. The van der Waals surface area contributed by atoms with E-state index in [1.807, 2.05) is 13.0 Å². The smallest absolute Gasteiger partial charge is 0.408 e. The van der Waals surface area contributed by atoms with Crippen LogP contribution in [0.3, 0.4) is 0 Å². The number of likely N-dealkylation sites (tertiary alicyclic amines) is 1. The van der Waals surface area contributed by atoms with Gasteiger partial charge in [0, 0.05) is 18.5 Å². The Morgan fingerprint density at radius 1 is 1.15 bits per heavy atom. The van der Waals surface area contributed by atoms with Gasteiger partial charge in [0.25, 0.3) is 0 Å². The van der Waals surface area contributed by atoms with Crippen LogP contribution in [0.25, 0.3) is 10.4 Å². The first-order chi connectivity index (χ1) is 18.0. The first-order valence-electron chi connectivity index (χ1n) is 13.0. The Balaban J connectivity index is 1.76. The number of ether oxygens (including phenoxy) is 1. The molecule has 214 valence electrons. The van der Waals surface area contributed by atoms with Gasteiger partial charge in [-0.15, -0.1) is 11.3 Å². The van der Waals surface area contributed by atoms with E-state index < -0.39 is 53.2 Å². The third-order valence-electron chi connectivity index (χ3n) is 6.50. The zero-order chi connectivity index (χ0) is 29.3. The fourth-order valence-electron chi connectivity index (χ4n) is 4.56. The Labute approximate surface area is 233 Å². The second-order valence-corrected chi connectivity index (χ2v) is 13.0. The zero-order valence-corrected chi connectivity index (χ0v) is 24.7. The van der Waals surface area contributed by atoms with Gasteiger partial charge in [0.05, 0.1) is 28.2 Å². The number of alkyl carbamates (subject to hydrolysis) is 1. The predicted molar refractivity (Wildman–Crippen MR) is 149 cm³/mol. The van der Waals surface area contributed by atoms with E-state index in [-0.39, 0.29) is 18.7 Å². The second kappa shape index (κ2) is 11.5. The summed E-state index contributed by atoms with van der Waals surface area (Å²) in [6.07, 6.45) is -1.57. The van der Waals surface area contributed by atoms with Crippen molar-refractivity contribution in [3.8, 4) is 16.2 Å². The number of benzene rings is 1. The minimum Gasteiger partial charge on any atom is -0.508 e. The molecule has 2 heterocycles. The Kier molecular flexibility index (Phi) is 8.96. The monoisotopic (exact) mass is 560 g/mol. The number of aryl methyl sites for hydroxylation is 1. The van der Waals surface area contributed by atoms with Crippen LogP contribution >= 0.6 is 11.3 Å². The largest absolute Gasteiger partial charge is 0.508 e. The molecule has 0 unspecified atom stereocenters. The summed E-state index contributed by atoms with van der Waals surface area (Å²) in [7, 11) is 0. The lowest BCUT2D eigenvalue weighted by Gasteiger charge is -2.35. The second-order valence-electron chi connectivity index (χ2n) is 12.1. The molecule has 3 rings (SSSR count). The summed E-state index contributed by atoms with van der Waals surface area (Å²) in [5.41, 5.74) is 2.52. The highest BCUT2D eigenvalue weighted by Gasteiger charge is 2.45. The average Bonchev–Trinajstić information content (AvgIpc) is 3.40. The Morgan fingerprint density at radius 2 is 1.82 bits per heavy atom. The van der Waals surface area contributed by atoms with Gasteiger partial charge in [0.15, 0.2) is 0 Å². The zero-order valence-electron chi connectivity index (χ0n) is 23.9. The van der Waals surface area contributed by atoms with Gasteiger partial charge in [-0.2, -0.15) is 0 Å². The van der Waals surface area contributed by atoms with Crippen LogP contribution in [-0.2, 0) is 14.3 Å². The molecule has 11 heteroatoms. The van der Waals surface area contributed by atoms with Crippen molar-refractivity contribution in [3.63, 3.8) is 0 Å². The maximum absolute atomic E-state index is 13.7. The molecular formula is C28H40N4O6S. The SMILES string of the molecule is Cc1ncsc1-c1ccc([C@H](C)NC(=O)[C@@H]2C[C@@H](O)CN2C(=O)[C@@H](NC(=O)OC(C)(C)C)C(C)(C)C)c(O)c1. The summed E-state index contributed by atoms with van der Waals surface area (Å²) < 4.78 is 5.35. The van der Waals surface area contributed by atoms with Crippen molar-refractivity contribution in [1.29, 1.82) is 0 Å². The molecule has 10 nitrogen and oxygen atoms in total. The van der Waals surface area contributed by atoms with Gasteiger partial charge in [-0.25, -0.2) is 9.78 Å². The third kappa shape index (κ3) is 7.48. The highest BCUT2D eigenvalue weighted by molar-refractivity contribution is 7.13. The molecule has 1 aromatic carbocycles. The predicted octanol–water partition coefficient (Wildman–Crippen LogP) is 3.90. The van der Waals surface area contributed by atoms with E-state index in [1.165, 1.54) is 16.2 Å². The number of aromatic hydroxyl groups is 1. The van der Waals surface area contributed by atoms with Gasteiger partial charge in [0.1, 0.15) is 23.4 Å². The number of carbonyl (C=O) groups is 3. The molecule has 4 atom stereocenters. The molecule has 39 heavy (non-hydrogen) atoms. The summed E-state index contributed by atoms with van der Waals surface area (Å²) in [4.78, 5) is 46.1. The lowest BCUT2D eigenvalue weighted by atomic mass is 9.85. The number of amides is 3. The number of aromatic nitrogens is 1. The van der Waals surface area contributed by atoms with Crippen LogP contribution in [0.1, 0.15) is 72.2 Å². The van der Waals surface area contributed by atoms with Crippen molar-refractivity contribution >= 4 is 29.2 Å². The number of rotatable bonds is 6. The fourth-order valence-corrected chi connectivity index (χ4v) is 5.37. The van der Waals surface area contributed by atoms with E-state index >= 15 is 0 Å². The highest BCUT2D eigenvalue weighted by atomic mass is 32.1. The average molecular weight is 561 g/mol. The Hall–Kier alpha value is -3.18. The fraction of sp³-hybridized carbons (Fsp3) is 0.571. The number of hydrogen-bond donors (Lipinski definition) is 4. The minimum atomic E-state index is -0.989. The van der Waals surface area contributed by atoms with E-state index in [1.54, 1.807) is 66.1 Å². The van der Waals surface area contributed by atoms with Gasteiger partial charge in [-0.05, 0) is 51.7 Å². The van der Waals surface area contributed by atoms with Crippen molar-refractivity contribution in [3.05, 3.63) is 35.0 Å². The Bertz CT molecular complexity index is 1220. The van der Waals surface area contributed by atoms with Crippen LogP contribution in [0.15, 0.2) is 23.7 Å². The third-order valence-corrected chi connectivity index (χ3v) is 7.48. The lowest BCUT2D eigenvalue weighted by Crippen LogP contribution is -2.58. The minimum absolute atomic E-state index is 0.0295. The summed E-state index contributed by atoms with van der Waals surface area (Å²) in [6.45, 7) is 14.2. The molecule has 1 fully saturated rings. The van der Waals surface area contributed by atoms with E-state index in [0.717, 1.165) is 16.1 Å². The van der Waals surface area contributed by atoms with Crippen LogP contribution in [0.5, 0.6) is 5.75 Å². The van der Waals surface area contributed by atoms with Crippen LogP contribution in [0, 0.1) is 12.3 Å². The summed E-state index contributed by atoms with van der Waals surface area (Å²) in [5.74, 6) is -0.911. The molecule has 1 aliphatic rings. The summed E-state index contributed by atoms with van der Waals surface area (Å²) in [6, 6.07) is 2.76. The van der Waals surface area contributed by atoms with Gasteiger partial charge in [-0.1, -0.05) is 32.9 Å². The van der Waals surface area contributed by atoms with E-state index in [4.69, 9.17) is 4.74 Å². The first kappa shape index (κ1) is 30.4. The number of phenolic OH excluding ortho intramolecular Hbond substituents is 1. The van der Waals surface area contributed by atoms with Crippen LogP contribution in [0.4, 0.5) is 4.79 Å². The molecule has 2 aromatic rings. The molecule has 3 amide bonds. The highest BCUT2D eigenvalue weighted by Crippen LogP contribution is 2.34. The normalized spacial score (nSPS) is 19.4. The van der Waals surface area contributed by atoms with E-state index in [9.17, 15) is 24.6 Å². The van der Waals surface area contributed by atoms with Crippen molar-refractivity contribution in [2.24, 2.45) is 5.41 Å². The van der Waals surface area contributed by atoms with Crippen LogP contribution in [-0.4, -0.2) is 68.3 Å². The molecule has 1 aliphatic heterocycles. The van der Waals surface area contributed by atoms with Crippen molar-refractivity contribution in [1.82, 2.24) is 20.5 Å². The standard InChI is InChI=1S/C28H40N4O6S/c1-15(19-10-9-17(11-21(19)34)22-16(2)29-14-39-22)30-24(35)20-12-18(33)13-32(20)25(36)23(27(3,4)5)31-26(37)38-28(6,7)8/h9-11,14-15,18,20,23,33-34H,12-13H2,1-8H3,(H,30,35)(H,31,37)/t15-,18+,20-,23+/m0/s1. The number of aliphatic hydroxyl groups is 1. The first-order valence-corrected chi connectivity index (χ1v) is 13.9. The topological polar surface area (TPSA) is 141 Å². The molecule has 1 aromatic heterocycles. The maximum atomic E-state index is 13.7. The quantitative estimate of drug-likeness (QED) is 0.420. The van der Waals surface area contributed by atoms with Gasteiger partial charge in [0.2, 0.25) is 11.8 Å². The number of nitrogens with one attached hydrogen (secondary N) is 2. The molecule has 0 spiro atoms. The van der Waals surface area contributed by atoms with Crippen molar-refractivity contribution in [2.45, 2.75) is 91.6 Å². The lowest BCUT2D eigenvalue weighted by molar-refractivity contribution is -0.142. The molecule has 0 saturated carbocycles. The van der Waals surface area contributed by atoms with E-state index in [0.29, 0.717) is 5.56 Å². The van der Waals surface area contributed by atoms with Gasteiger partial charge >= 0.3 is 6.09 Å². The van der Waals surface area contributed by atoms with Gasteiger partial charge < -0.3 is 30.5 Å². The molecule has 1 saturated heterocycles. The number of phenols is 1. The van der Waals surface area contributed by atoms with Crippen molar-refractivity contribution < 1.29 is 29.3 Å². The number of thiazole rings is 1. The van der Waals surface area contributed by atoms with Crippen LogP contribution in [0.2, 0.25) is 0 Å². The van der Waals surface area contributed by atoms with Crippen molar-refractivity contribution in [2.75, 3.05) is 6.54 Å². The maximum Gasteiger partial charge on any atom is 0.408 e. The molecule has 0 aliphatic carbocycles. The van der Waals surface area contributed by atoms with Gasteiger partial charge in [-0.3, -0.25) is 9.59 Å². The molecule has 0 bridgehead atoms. The number of nitrogens with zero attached hydrogens (tertiary/aromatic N) is 2. The number of hydrogen-bond acceptors (Lipinski definition) is 8. The summed E-state index contributed by atoms with van der Waals surface area (Å²) >= 11 is 1.48.